The van der Waals surface area contributed by atoms with Crippen LogP contribution in [0.5, 0.6) is 0 Å². The van der Waals surface area contributed by atoms with E-state index in [0.29, 0.717) is 6.61 Å². The monoisotopic (exact) mass is 562 g/mol. The van der Waals surface area contributed by atoms with Crippen molar-refractivity contribution in [1.82, 2.24) is 5.32 Å². The number of carbonyl (C=O) groups is 2. The number of fused-ring (bicyclic) bond motifs is 1. The number of rotatable bonds is 11. The number of methoxy groups -OCH3 is 1. The van der Waals surface area contributed by atoms with Crippen LogP contribution in [0.3, 0.4) is 0 Å². The number of alkyl halides is 3. The normalized spacial score (nSPS) is 26.1. The molecule has 3 amide bonds. The Labute approximate surface area is 225 Å². The highest BCUT2D eigenvalue weighted by molar-refractivity contribution is 5.99. The number of nitrogens with one attached hydrogen (secondary N) is 2. The van der Waals surface area contributed by atoms with E-state index in [9.17, 15) is 22.8 Å². The number of benzene rings is 1. The minimum absolute atomic E-state index is 0.345. The van der Waals surface area contributed by atoms with E-state index in [-0.39, 0.29) is 6.61 Å². The second-order valence-electron chi connectivity index (χ2n) is 9.81. The number of anilines is 1. The fourth-order valence-electron chi connectivity index (χ4n) is 4.54. The van der Waals surface area contributed by atoms with E-state index >= 15 is 0 Å². The molecule has 0 radical (unpaired) electrons. The van der Waals surface area contributed by atoms with Crippen LogP contribution in [-0.4, -0.2) is 68.9 Å². The first kappa shape index (κ1) is 31.1. The highest BCUT2D eigenvalue weighted by Crippen LogP contribution is 2.39. The van der Waals surface area contributed by atoms with Crippen LogP contribution in [0.4, 0.5) is 28.4 Å². The molecule has 13 heteroatoms. The lowest BCUT2D eigenvalue weighted by atomic mass is 9.99. The highest BCUT2D eigenvalue weighted by Gasteiger charge is 2.56. The average Bonchev–Trinajstić information content (AvgIpc) is 3.19. The molecule has 5 atom stereocenters. The Morgan fingerprint density at radius 2 is 1.74 bits per heavy atom. The van der Waals surface area contributed by atoms with Gasteiger partial charge < -0.3 is 33.7 Å². The van der Waals surface area contributed by atoms with Crippen LogP contribution in [-0.2, 0) is 34.6 Å². The number of halogens is 3. The Morgan fingerprint density at radius 3 is 2.44 bits per heavy atom. The number of para-hydroxylation sites is 1. The van der Waals surface area contributed by atoms with Crippen LogP contribution >= 0.6 is 0 Å². The predicted octanol–water partition coefficient (Wildman–Crippen LogP) is 5.21. The zero-order valence-electron chi connectivity index (χ0n) is 22.5. The van der Waals surface area contributed by atoms with E-state index in [0.717, 1.165) is 37.8 Å². The molecule has 0 saturated carbocycles. The van der Waals surface area contributed by atoms with Crippen molar-refractivity contribution in [2.75, 3.05) is 25.6 Å². The third-order valence-corrected chi connectivity index (χ3v) is 6.30. The minimum Gasteiger partial charge on any atom is -0.446 e. The van der Waals surface area contributed by atoms with Gasteiger partial charge in [0.25, 0.3) is 0 Å². The summed E-state index contributed by atoms with van der Waals surface area (Å²) in [5.41, 5.74) is -1.56. The van der Waals surface area contributed by atoms with Crippen molar-refractivity contribution in [2.45, 2.75) is 95.5 Å². The Balaban J connectivity index is 1.56. The summed E-state index contributed by atoms with van der Waals surface area (Å²) in [5.74, 6) is -0.962. The van der Waals surface area contributed by atoms with Gasteiger partial charge in [-0.3, -0.25) is 0 Å². The fourth-order valence-corrected chi connectivity index (χ4v) is 4.54. The fraction of sp³-hybridized carbons (Fsp3) is 0.692. The first-order valence-electron chi connectivity index (χ1n) is 13.0. The van der Waals surface area contributed by atoms with Gasteiger partial charge >= 0.3 is 18.3 Å². The first-order chi connectivity index (χ1) is 18.4. The Hall–Kier alpha value is -2.45. The van der Waals surface area contributed by atoms with E-state index in [1.807, 2.05) is 10.6 Å². The maximum absolute atomic E-state index is 13.2. The van der Waals surface area contributed by atoms with E-state index < -0.39 is 66.0 Å². The largest absolute Gasteiger partial charge is 0.446 e. The molecular formula is C26H37F3N2O8. The van der Waals surface area contributed by atoms with Crippen LogP contribution in [0.1, 0.15) is 58.4 Å². The summed E-state index contributed by atoms with van der Waals surface area (Å²) in [4.78, 5) is 24.4. The van der Waals surface area contributed by atoms with Gasteiger partial charge in [0, 0.05) is 13.7 Å². The molecule has 0 bridgehead atoms. The number of hydrogen-bond donors (Lipinski definition) is 2. The summed E-state index contributed by atoms with van der Waals surface area (Å²) >= 11 is 0. The van der Waals surface area contributed by atoms with Crippen LogP contribution in [0.2, 0.25) is 0 Å². The summed E-state index contributed by atoms with van der Waals surface area (Å²) in [6.45, 7) is 5.77. The zero-order chi connectivity index (χ0) is 28.6. The lowest BCUT2D eigenvalue weighted by molar-refractivity contribution is -0.284. The zero-order valence-corrected chi connectivity index (χ0v) is 22.5. The predicted molar refractivity (Wildman–Crippen MR) is 133 cm³/mol. The van der Waals surface area contributed by atoms with E-state index in [2.05, 4.69) is 6.92 Å². The van der Waals surface area contributed by atoms with Gasteiger partial charge in [-0.2, -0.15) is 13.2 Å². The van der Waals surface area contributed by atoms with Crippen LogP contribution < -0.4 is 10.6 Å². The van der Waals surface area contributed by atoms with Gasteiger partial charge in [0.1, 0.15) is 31.0 Å². The molecule has 1 aromatic rings. The lowest BCUT2D eigenvalue weighted by Crippen LogP contribution is -2.59. The molecule has 0 aromatic heterocycles. The molecule has 2 fully saturated rings. The molecule has 0 spiro atoms. The second-order valence-corrected chi connectivity index (χ2v) is 9.81. The quantitative estimate of drug-likeness (QED) is 0.354. The molecule has 2 N–H and O–H groups in total. The number of imide groups is 1. The number of amides is 3. The average molecular weight is 563 g/mol. The number of carbonyl (C=O) groups excluding carboxylic acids is 2. The van der Waals surface area contributed by atoms with E-state index in [1.54, 1.807) is 13.8 Å². The van der Waals surface area contributed by atoms with Crippen molar-refractivity contribution in [2.24, 2.45) is 0 Å². The summed E-state index contributed by atoms with van der Waals surface area (Å²) in [7, 11) is 1.46. The third kappa shape index (κ3) is 8.77. The smallest absolute Gasteiger partial charge is 0.418 e. The van der Waals surface area contributed by atoms with E-state index in [4.69, 9.17) is 28.4 Å². The molecule has 220 valence electrons. The van der Waals surface area contributed by atoms with Crippen molar-refractivity contribution < 1.29 is 51.2 Å². The minimum atomic E-state index is -4.69. The van der Waals surface area contributed by atoms with Crippen molar-refractivity contribution in [3.63, 3.8) is 0 Å². The van der Waals surface area contributed by atoms with Gasteiger partial charge in [-0.25, -0.2) is 14.9 Å². The molecule has 10 nitrogen and oxygen atoms in total. The Kier molecular flexibility index (Phi) is 11.0. The second kappa shape index (κ2) is 13.8. The number of unbranched alkanes of at least 4 members (excludes halogenated alkanes) is 4. The van der Waals surface area contributed by atoms with Gasteiger partial charge in [0.2, 0.25) is 0 Å². The number of hydrogen-bond acceptors (Lipinski definition) is 8. The van der Waals surface area contributed by atoms with Gasteiger partial charge in [0.15, 0.2) is 12.1 Å². The number of alkyl carbamates (subject to hydrolysis) is 1. The summed E-state index contributed by atoms with van der Waals surface area (Å²) in [6, 6.07) is 3.19. The van der Waals surface area contributed by atoms with Gasteiger partial charge in [-0.15, -0.1) is 0 Å². The molecule has 2 aliphatic heterocycles. The molecule has 1 aromatic carbocycles. The standard InChI is InChI=1S/C26H37F3N2O8/c1-5-6-7-8-11-14-35-21-20-19(38-25(2,3)39-20)18(37-22(21)34-4)15-36-24(33)31-23(32)30-17-13-10-9-12-16(17)26(27,28)29/h9-10,12-13,18-22H,5-8,11,14-15H2,1-4H3,(H2,30,31,32,33)/t18-,19+,20+,21-,22?/m1/s1. The summed E-state index contributed by atoms with van der Waals surface area (Å²) in [5, 5.41) is 3.85. The molecule has 2 heterocycles. The van der Waals surface area contributed by atoms with Crippen LogP contribution in [0.25, 0.3) is 0 Å². The maximum atomic E-state index is 13.2. The van der Waals surface area contributed by atoms with Gasteiger partial charge in [0.05, 0.1) is 11.3 Å². The molecule has 3 rings (SSSR count). The maximum Gasteiger partial charge on any atom is 0.418 e. The Morgan fingerprint density at radius 1 is 1.05 bits per heavy atom. The topological polar surface area (TPSA) is 114 Å². The van der Waals surface area contributed by atoms with Crippen LogP contribution in [0, 0.1) is 0 Å². The molecule has 2 saturated heterocycles. The number of ether oxygens (including phenoxy) is 6. The third-order valence-electron chi connectivity index (χ3n) is 6.30. The van der Waals surface area contributed by atoms with Crippen molar-refractivity contribution in [3.8, 4) is 0 Å². The van der Waals surface area contributed by atoms with Gasteiger partial charge in [-0.05, 0) is 32.4 Å². The summed E-state index contributed by atoms with van der Waals surface area (Å²) < 4.78 is 74.2. The van der Waals surface area contributed by atoms with Gasteiger partial charge in [-0.1, -0.05) is 44.7 Å². The molecular weight excluding hydrogens is 525 g/mol. The van der Waals surface area contributed by atoms with Crippen molar-refractivity contribution in [1.29, 1.82) is 0 Å². The van der Waals surface area contributed by atoms with Crippen LogP contribution in [0.15, 0.2) is 24.3 Å². The molecule has 1 unspecified atom stereocenters. The van der Waals surface area contributed by atoms with E-state index in [1.165, 1.54) is 25.7 Å². The molecule has 2 aliphatic rings. The SMILES string of the molecule is CCCCCCCO[C@H]1C(OC)O[C@H](COC(=O)NC(=O)Nc2ccccc2C(F)(F)F)[C@@H]2OC(C)(C)O[C@@H]21. The number of urea groups is 1. The summed E-state index contributed by atoms with van der Waals surface area (Å²) in [6.07, 6.45) is -4.02. The molecule has 0 aliphatic carbocycles. The first-order valence-corrected chi connectivity index (χ1v) is 13.0. The van der Waals surface area contributed by atoms with Crippen molar-refractivity contribution >= 4 is 17.8 Å². The lowest BCUT2D eigenvalue weighted by Gasteiger charge is -2.41. The highest BCUT2D eigenvalue weighted by atomic mass is 19.4. The molecule has 39 heavy (non-hydrogen) atoms. The van der Waals surface area contributed by atoms with Crippen molar-refractivity contribution in [3.05, 3.63) is 29.8 Å². The Bertz CT molecular complexity index is 961.